The van der Waals surface area contributed by atoms with Gasteiger partial charge in [-0.25, -0.2) is 14.5 Å². The molecule has 1 aliphatic rings. The molecule has 0 unspecified atom stereocenters. The van der Waals surface area contributed by atoms with Crippen LogP contribution < -0.4 is 0 Å². The molecule has 25 heavy (non-hydrogen) atoms. The molecule has 7 nitrogen and oxygen atoms in total. The number of imide groups is 1. The van der Waals surface area contributed by atoms with Crippen molar-refractivity contribution in [2.45, 2.75) is 19.9 Å². The van der Waals surface area contributed by atoms with Crippen LogP contribution in [-0.4, -0.2) is 62.8 Å². The Morgan fingerprint density at radius 1 is 1.28 bits per heavy atom. The molecule has 134 valence electrons. The normalized spacial score (nSPS) is 18.3. The Labute approximate surface area is 150 Å². The van der Waals surface area contributed by atoms with Crippen LogP contribution in [0.15, 0.2) is 30.3 Å². The number of thioether (sulfide) groups is 1. The van der Waals surface area contributed by atoms with E-state index in [1.807, 2.05) is 0 Å². The summed E-state index contributed by atoms with van der Waals surface area (Å²) in [6.07, 6.45) is 0. The van der Waals surface area contributed by atoms with Gasteiger partial charge in [0, 0.05) is 23.8 Å². The minimum Gasteiger partial charge on any atom is -0.480 e. The van der Waals surface area contributed by atoms with E-state index in [9.17, 15) is 24.3 Å². The van der Waals surface area contributed by atoms with E-state index in [0.29, 0.717) is 12.1 Å². The van der Waals surface area contributed by atoms with E-state index >= 15 is 0 Å². The maximum atomic E-state index is 12.6. The number of carbonyl (C=O) groups is 4. The van der Waals surface area contributed by atoms with E-state index in [0.717, 1.165) is 16.7 Å². The summed E-state index contributed by atoms with van der Waals surface area (Å²) in [4.78, 5) is 50.4. The van der Waals surface area contributed by atoms with E-state index in [1.54, 1.807) is 44.2 Å². The number of nitrogens with zero attached hydrogens (tertiary/aromatic N) is 2. The van der Waals surface area contributed by atoms with Crippen LogP contribution in [0, 0.1) is 5.92 Å². The van der Waals surface area contributed by atoms with Crippen molar-refractivity contribution in [1.29, 1.82) is 0 Å². The van der Waals surface area contributed by atoms with Gasteiger partial charge in [-0.2, -0.15) is 0 Å². The lowest BCUT2D eigenvalue weighted by Crippen LogP contribution is -2.46. The highest BCUT2D eigenvalue weighted by atomic mass is 32.2. The number of hydrogen-bond donors (Lipinski definition) is 1. The van der Waals surface area contributed by atoms with Crippen molar-refractivity contribution in [2.75, 3.05) is 18.8 Å². The van der Waals surface area contributed by atoms with E-state index in [4.69, 9.17) is 0 Å². The molecule has 8 heteroatoms. The Morgan fingerprint density at radius 3 is 2.48 bits per heavy atom. The largest absolute Gasteiger partial charge is 0.480 e. The van der Waals surface area contributed by atoms with Crippen molar-refractivity contribution in [3.8, 4) is 0 Å². The smallest absolute Gasteiger partial charge is 0.328 e. The zero-order valence-electron chi connectivity index (χ0n) is 14.0. The Kier molecular flexibility index (Phi) is 6.19. The first-order valence-corrected chi connectivity index (χ1v) is 8.92. The molecule has 1 aromatic carbocycles. The van der Waals surface area contributed by atoms with Crippen LogP contribution >= 0.6 is 11.8 Å². The first kappa shape index (κ1) is 19.0. The predicted octanol–water partition coefficient (Wildman–Crippen LogP) is 1.93. The summed E-state index contributed by atoms with van der Waals surface area (Å²) in [7, 11) is 0. The predicted molar refractivity (Wildman–Crippen MR) is 93.3 cm³/mol. The number of benzene rings is 1. The van der Waals surface area contributed by atoms with Gasteiger partial charge in [-0.05, 0) is 6.92 Å². The van der Waals surface area contributed by atoms with Crippen molar-refractivity contribution in [1.82, 2.24) is 9.80 Å². The molecule has 1 N–H and O–H groups in total. The second kappa shape index (κ2) is 8.15. The summed E-state index contributed by atoms with van der Waals surface area (Å²) in [6, 6.07) is 6.90. The summed E-state index contributed by atoms with van der Waals surface area (Å²) in [5.41, 5.74) is 0.532. The van der Waals surface area contributed by atoms with Gasteiger partial charge in [0.2, 0.25) is 11.0 Å². The third-order valence-corrected chi connectivity index (χ3v) is 5.15. The van der Waals surface area contributed by atoms with Crippen molar-refractivity contribution >= 4 is 34.8 Å². The van der Waals surface area contributed by atoms with Gasteiger partial charge in [0.05, 0.1) is 6.54 Å². The van der Waals surface area contributed by atoms with Crippen LogP contribution in [0.2, 0.25) is 0 Å². The maximum Gasteiger partial charge on any atom is 0.328 e. The third-order valence-electron chi connectivity index (χ3n) is 3.98. The van der Waals surface area contributed by atoms with Gasteiger partial charge in [-0.3, -0.25) is 9.59 Å². The molecule has 0 spiro atoms. The zero-order valence-corrected chi connectivity index (χ0v) is 14.9. The first-order valence-electron chi connectivity index (χ1n) is 7.93. The molecule has 0 saturated carbocycles. The molecule has 0 bridgehead atoms. The minimum atomic E-state index is -1.21. The highest BCUT2D eigenvalue weighted by Gasteiger charge is 2.45. The molecule has 2 rings (SSSR count). The molecule has 1 saturated heterocycles. The number of hydrogen-bond acceptors (Lipinski definition) is 5. The molecule has 1 heterocycles. The summed E-state index contributed by atoms with van der Waals surface area (Å²) in [5, 5.41) is 9.11. The topological polar surface area (TPSA) is 95.0 Å². The number of aliphatic carboxylic acids is 1. The van der Waals surface area contributed by atoms with Crippen LogP contribution in [0.25, 0.3) is 0 Å². The number of carbonyl (C=O) groups excluding carboxylic acids is 3. The molecule has 1 fully saturated rings. The van der Waals surface area contributed by atoms with Gasteiger partial charge >= 0.3 is 12.0 Å². The molecular weight excluding hydrogens is 344 g/mol. The monoisotopic (exact) mass is 364 g/mol. The van der Waals surface area contributed by atoms with E-state index in [-0.39, 0.29) is 17.4 Å². The molecule has 0 radical (unpaired) electrons. The van der Waals surface area contributed by atoms with Crippen molar-refractivity contribution < 1.29 is 24.3 Å². The molecule has 0 aliphatic carbocycles. The van der Waals surface area contributed by atoms with Crippen molar-refractivity contribution in [3.63, 3.8) is 0 Å². The quantitative estimate of drug-likeness (QED) is 0.829. The first-order chi connectivity index (χ1) is 11.9. The molecule has 0 aromatic heterocycles. The lowest BCUT2D eigenvalue weighted by atomic mass is 10.1. The summed E-state index contributed by atoms with van der Waals surface area (Å²) in [6.45, 7) is 3.64. The van der Waals surface area contributed by atoms with Crippen LogP contribution in [0.5, 0.6) is 0 Å². The average molecular weight is 364 g/mol. The van der Waals surface area contributed by atoms with E-state index in [1.165, 1.54) is 4.90 Å². The fourth-order valence-electron chi connectivity index (χ4n) is 2.52. The summed E-state index contributed by atoms with van der Waals surface area (Å²) >= 11 is 0.983. The van der Waals surface area contributed by atoms with Crippen LogP contribution in [0.4, 0.5) is 4.79 Å². The SMILES string of the molecule is CCN1C[C@@H](C(=O)O)N(C(=O)[C@H](C)CSC(=O)c2ccccc2)C1=O. The number of likely N-dealkylation sites (N-methyl/N-ethyl adjacent to an activating group) is 1. The summed E-state index contributed by atoms with van der Waals surface area (Å²) < 4.78 is 0. The number of carboxylic acids is 1. The van der Waals surface area contributed by atoms with Crippen LogP contribution in [0.3, 0.4) is 0 Å². The third kappa shape index (κ3) is 4.19. The molecule has 1 aromatic rings. The highest BCUT2D eigenvalue weighted by molar-refractivity contribution is 8.14. The standard InChI is InChI=1S/C17H20N2O5S/c1-3-18-9-13(15(21)22)19(17(18)24)14(20)11(2)10-25-16(23)12-7-5-4-6-8-12/h4-8,11,13H,3,9-10H2,1-2H3,(H,21,22)/t11-,13+/m1/s1. The van der Waals surface area contributed by atoms with Crippen LogP contribution in [0.1, 0.15) is 24.2 Å². The number of amides is 3. The second-order valence-corrected chi connectivity index (χ2v) is 6.74. The fourth-order valence-corrected chi connectivity index (χ4v) is 3.37. The molecule has 1 aliphatic heterocycles. The van der Waals surface area contributed by atoms with Gasteiger partial charge < -0.3 is 10.0 Å². The van der Waals surface area contributed by atoms with Gasteiger partial charge in [0.25, 0.3) is 0 Å². The van der Waals surface area contributed by atoms with E-state index in [2.05, 4.69) is 0 Å². The number of carboxylic acid groups (broad SMARTS) is 1. The Morgan fingerprint density at radius 2 is 1.92 bits per heavy atom. The van der Waals surface area contributed by atoms with Crippen molar-refractivity contribution in [3.05, 3.63) is 35.9 Å². The highest BCUT2D eigenvalue weighted by Crippen LogP contribution is 2.22. The second-order valence-electron chi connectivity index (χ2n) is 5.75. The van der Waals surface area contributed by atoms with Gasteiger partial charge in [0.15, 0.2) is 6.04 Å². The van der Waals surface area contributed by atoms with Crippen LogP contribution in [-0.2, 0) is 9.59 Å². The molecule has 2 atom stereocenters. The fraction of sp³-hybridized carbons (Fsp3) is 0.412. The number of urea groups is 1. The van der Waals surface area contributed by atoms with E-state index < -0.39 is 29.9 Å². The Bertz CT molecular complexity index is 679. The van der Waals surface area contributed by atoms with Gasteiger partial charge in [-0.15, -0.1) is 0 Å². The Hall–Kier alpha value is -2.35. The molecular formula is C17H20N2O5S. The van der Waals surface area contributed by atoms with Gasteiger partial charge in [-0.1, -0.05) is 49.0 Å². The molecule has 3 amide bonds. The summed E-state index contributed by atoms with van der Waals surface area (Å²) in [5.74, 6) is -2.26. The zero-order chi connectivity index (χ0) is 18.6. The average Bonchev–Trinajstić information content (AvgIpc) is 2.96. The Balaban J connectivity index is 2.02. The number of rotatable bonds is 6. The lowest BCUT2D eigenvalue weighted by Gasteiger charge is -2.22. The lowest BCUT2D eigenvalue weighted by molar-refractivity contribution is -0.147. The minimum absolute atomic E-state index is 0.0147. The van der Waals surface area contributed by atoms with Gasteiger partial charge in [0.1, 0.15) is 0 Å². The maximum absolute atomic E-state index is 12.6. The van der Waals surface area contributed by atoms with Crippen molar-refractivity contribution in [2.24, 2.45) is 5.92 Å².